The maximum absolute atomic E-state index is 15.0. The van der Waals surface area contributed by atoms with E-state index in [2.05, 4.69) is 10.4 Å². The molecule has 1 atom stereocenters. The highest BCUT2D eigenvalue weighted by Gasteiger charge is 2.47. The van der Waals surface area contributed by atoms with E-state index in [-0.39, 0.29) is 35.6 Å². The number of nitrogen functional groups attached to an aromatic ring is 1. The average molecular weight is 515 g/mol. The normalized spacial score (nSPS) is 17.5. The molecule has 0 aliphatic carbocycles. The van der Waals surface area contributed by atoms with Crippen molar-refractivity contribution in [1.82, 2.24) is 20.0 Å². The first-order valence-electron chi connectivity index (χ1n) is 11.9. The lowest BCUT2D eigenvalue weighted by Crippen LogP contribution is -2.49. The number of nitrogens with zero attached hydrogens (tertiary/aromatic N) is 3. The van der Waals surface area contributed by atoms with Gasteiger partial charge < -0.3 is 16.8 Å². The number of benzene rings is 2. The van der Waals surface area contributed by atoms with Crippen LogP contribution in [-0.4, -0.2) is 52.1 Å². The van der Waals surface area contributed by atoms with E-state index in [1.807, 2.05) is 6.92 Å². The fourth-order valence-electron chi connectivity index (χ4n) is 4.60. The minimum atomic E-state index is -3.09. The molecule has 1 unspecified atom stereocenters. The number of nitrogens with one attached hydrogen (secondary N) is 1. The first-order chi connectivity index (χ1) is 17.5. The third-order valence-electron chi connectivity index (χ3n) is 6.70. The number of hydrogen-bond donors (Lipinski definition) is 3. The smallest absolute Gasteiger partial charge is 0.282 e. The summed E-state index contributed by atoms with van der Waals surface area (Å²) in [6.45, 7) is 4.23. The van der Waals surface area contributed by atoms with E-state index in [4.69, 9.17) is 11.5 Å². The lowest BCUT2D eigenvalue weighted by Gasteiger charge is -2.38. The van der Waals surface area contributed by atoms with Gasteiger partial charge in [0.05, 0.1) is 6.54 Å². The Morgan fingerprint density at radius 2 is 1.89 bits per heavy atom. The number of hydrogen-bond acceptors (Lipinski definition) is 5. The highest BCUT2D eigenvalue weighted by molar-refractivity contribution is 6.03. The van der Waals surface area contributed by atoms with Gasteiger partial charge in [-0.1, -0.05) is 37.3 Å². The number of piperidine rings is 1. The van der Waals surface area contributed by atoms with Crippen LogP contribution < -0.4 is 16.8 Å². The molecule has 0 saturated carbocycles. The summed E-state index contributed by atoms with van der Waals surface area (Å²) < 4.78 is 44.5. The van der Waals surface area contributed by atoms with Crippen molar-refractivity contribution in [2.24, 2.45) is 5.73 Å². The number of nitrogens with two attached hydrogens (primary N) is 2. The summed E-state index contributed by atoms with van der Waals surface area (Å²) in [6, 6.07) is 9.37. The van der Waals surface area contributed by atoms with Crippen LogP contribution in [0, 0.1) is 12.7 Å². The van der Waals surface area contributed by atoms with E-state index in [0.29, 0.717) is 24.2 Å². The lowest BCUT2D eigenvalue weighted by molar-refractivity contribution is -0.105. The zero-order chi connectivity index (χ0) is 26.9. The van der Waals surface area contributed by atoms with Crippen LogP contribution in [0.1, 0.15) is 51.2 Å². The van der Waals surface area contributed by atoms with Crippen LogP contribution in [0.2, 0.25) is 0 Å². The number of alkyl halides is 2. The van der Waals surface area contributed by atoms with E-state index < -0.39 is 36.1 Å². The molecule has 2 amide bonds. The van der Waals surface area contributed by atoms with Crippen molar-refractivity contribution in [3.05, 3.63) is 70.5 Å². The zero-order valence-corrected chi connectivity index (χ0v) is 20.6. The second-order valence-electron chi connectivity index (χ2n) is 9.19. The minimum absolute atomic E-state index is 0.114. The first-order valence-corrected chi connectivity index (χ1v) is 11.9. The van der Waals surface area contributed by atoms with Gasteiger partial charge in [-0.05, 0) is 43.1 Å². The van der Waals surface area contributed by atoms with Gasteiger partial charge in [-0.25, -0.2) is 17.9 Å². The average Bonchev–Trinajstić information content (AvgIpc) is 3.20. The van der Waals surface area contributed by atoms with Gasteiger partial charge >= 0.3 is 0 Å². The van der Waals surface area contributed by atoms with Crippen LogP contribution in [0.25, 0.3) is 11.3 Å². The molecular formula is C26H29F3N6O2. The molecule has 37 heavy (non-hydrogen) atoms. The zero-order valence-electron chi connectivity index (χ0n) is 20.6. The number of rotatable bonds is 7. The van der Waals surface area contributed by atoms with Crippen molar-refractivity contribution in [2.45, 2.75) is 38.8 Å². The van der Waals surface area contributed by atoms with Gasteiger partial charge in [0.15, 0.2) is 0 Å². The summed E-state index contributed by atoms with van der Waals surface area (Å²) >= 11 is 0. The van der Waals surface area contributed by atoms with Crippen molar-refractivity contribution in [2.75, 3.05) is 25.4 Å². The fourth-order valence-corrected chi connectivity index (χ4v) is 4.60. The maximum atomic E-state index is 15.0. The molecule has 1 aliphatic heterocycles. The van der Waals surface area contributed by atoms with Gasteiger partial charge in [0.2, 0.25) is 0 Å². The molecule has 0 spiro atoms. The van der Waals surface area contributed by atoms with Gasteiger partial charge in [-0.15, -0.1) is 0 Å². The molecule has 11 heteroatoms. The molecule has 196 valence electrons. The van der Waals surface area contributed by atoms with Gasteiger partial charge in [0.25, 0.3) is 17.7 Å². The Morgan fingerprint density at radius 3 is 2.51 bits per heavy atom. The molecule has 1 saturated heterocycles. The number of aromatic nitrogens is 2. The van der Waals surface area contributed by atoms with E-state index in [1.165, 1.54) is 18.2 Å². The number of carbonyl (C=O) groups excluding carboxylic acids is 2. The van der Waals surface area contributed by atoms with Crippen LogP contribution in [0.5, 0.6) is 0 Å². The molecule has 5 N–H and O–H groups in total. The van der Waals surface area contributed by atoms with Gasteiger partial charge in [-0.2, -0.15) is 5.10 Å². The molecule has 1 aromatic heterocycles. The molecule has 0 bridgehead atoms. The summed E-state index contributed by atoms with van der Waals surface area (Å²) in [5.74, 6) is -5.08. The van der Waals surface area contributed by atoms with E-state index in [9.17, 15) is 22.8 Å². The number of likely N-dealkylation sites (tertiary alicyclic amines) is 1. The molecule has 1 fully saturated rings. The maximum Gasteiger partial charge on any atom is 0.282 e. The van der Waals surface area contributed by atoms with Crippen LogP contribution >= 0.6 is 0 Å². The fraction of sp³-hybridized carbons (Fsp3) is 0.346. The van der Waals surface area contributed by atoms with Crippen LogP contribution in [0.15, 0.2) is 42.5 Å². The number of aryl methyl sites for hydroxylation is 1. The SMILES string of the molecule is CCN1CCC(n2nc(-c3ccc(CNC(=O)c4cc(F)ccc4C)cc3)c(C(N)=O)c2N)C(F)(F)C1. The third-order valence-corrected chi connectivity index (χ3v) is 6.70. The van der Waals surface area contributed by atoms with Crippen molar-refractivity contribution >= 4 is 17.6 Å². The Hall–Kier alpha value is -3.86. The number of amides is 2. The van der Waals surface area contributed by atoms with Gasteiger partial charge in [0, 0.05) is 24.2 Å². The second kappa shape index (κ2) is 10.3. The number of primary amides is 1. The number of carbonyl (C=O) groups is 2. The summed E-state index contributed by atoms with van der Waals surface area (Å²) in [4.78, 5) is 26.3. The summed E-state index contributed by atoms with van der Waals surface area (Å²) in [5, 5.41) is 7.06. The van der Waals surface area contributed by atoms with Crippen molar-refractivity contribution in [3.63, 3.8) is 0 Å². The minimum Gasteiger partial charge on any atom is -0.383 e. The Kier molecular flexibility index (Phi) is 7.26. The predicted octanol–water partition coefficient (Wildman–Crippen LogP) is 3.51. The van der Waals surface area contributed by atoms with Crippen molar-refractivity contribution in [1.29, 1.82) is 0 Å². The van der Waals surface area contributed by atoms with Gasteiger partial charge in [-0.3, -0.25) is 14.5 Å². The predicted molar refractivity (Wildman–Crippen MR) is 134 cm³/mol. The Bertz CT molecular complexity index is 1320. The Balaban J connectivity index is 1.56. The van der Waals surface area contributed by atoms with Crippen LogP contribution in [-0.2, 0) is 6.54 Å². The molecule has 0 radical (unpaired) electrons. The monoisotopic (exact) mass is 514 g/mol. The first kappa shape index (κ1) is 26.2. The molecule has 2 aromatic carbocycles. The summed E-state index contributed by atoms with van der Waals surface area (Å²) in [6.07, 6.45) is 0.119. The van der Waals surface area contributed by atoms with Crippen molar-refractivity contribution < 1.29 is 22.8 Å². The van der Waals surface area contributed by atoms with Crippen molar-refractivity contribution in [3.8, 4) is 11.3 Å². The molecule has 1 aliphatic rings. The molecule has 2 heterocycles. The molecule has 3 aromatic rings. The second-order valence-corrected chi connectivity index (χ2v) is 9.19. The quantitative estimate of drug-likeness (QED) is 0.446. The summed E-state index contributed by atoms with van der Waals surface area (Å²) in [5.41, 5.74) is 13.8. The Morgan fingerprint density at radius 1 is 1.19 bits per heavy atom. The van der Waals surface area contributed by atoms with Gasteiger partial charge in [0.1, 0.15) is 28.9 Å². The highest BCUT2D eigenvalue weighted by atomic mass is 19.3. The van der Waals surface area contributed by atoms with Crippen LogP contribution in [0.3, 0.4) is 0 Å². The molecule has 4 rings (SSSR count). The highest BCUT2D eigenvalue weighted by Crippen LogP contribution is 2.40. The van der Waals surface area contributed by atoms with E-state index >= 15 is 0 Å². The topological polar surface area (TPSA) is 119 Å². The third kappa shape index (κ3) is 5.31. The largest absolute Gasteiger partial charge is 0.383 e. The molecule has 8 nitrogen and oxygen atoms in total. The molecular weight excluding hydrogens is 485 g/mol. The number of halogens is 3. The van der Waals surface area contributed by atoms with Crippen LogP contribution in [0.4, 0.5) is 19.0 Å². The number of anilines is 1. The summed E-state index contributed by atoms with van der Waals surface area (Å²) in [7, 11) is 0. The van der Waals surface area contributed by atoms with E-state index in [0.717, 1.165) is 10.2 Å². The lowest BCUT2D eigenvalue weighted by atomic mass is 10.0. The Labute approximate surface area is 212 Å². The van der Waals surface area contributed by atoms with E-state index in [1.54, 1.807) is 36.1 Å². The standard InChI is InChI=1S/C26H29F3N6O2/c1-3-34-11-10-20(26(28,29)14-34)35-23(30)21(24(31)36)22(33-35)17-7-5-16(6-8-17)13-32-25(37)19-12-18(27)9-4-15(19)2/h4-9,12,20H,3,10-11,13-14,30H2,1-2H3,(H2,31,36)(H,32,37).